The minimum absolute atomic E-state index is 0.0108. The van der Waals surface area contributed by atoms with Crippen molar-refractivity contribution < 1.29 is 14.3 Å². The van der Waals surface area contributed by atoms with Gasteiger partial charge >= 0.3 is 5.91 Å². The van der Waals surface area contributed by atoms with Crippen molar-refractivity contribution in [3.05, 3.63) is 65.1 Å². The van der Waals surface area contributed by atoms with Gasteiger partial charge in [0, 0.05) is 29.9 Å². The van der Waals surface area contributed by atoms with Crippen molar-refractivity contribution in [1.29, 1.82) is 0 Å². The Bertz CT molecular complexity index is 686. The molecule has 0 aliphatic heterocycles. The van der Waals surface area contributed by atoms with Gasteiger partial charge in [0.25, 0.3) is 11.6 Å². The Kier molecular flexibility index (Phi) is 5.08. The minimum atomic E-state index is -0.526. The van der Waals surface area contributed by atoms with Crippen LogP contribution in [0.1, 0.15) is 34.2 Å². The molecule has 0 aliphatic carbocycles. The lowest BCUT2D eigenvalue weighted by molar-refractivity contribution is -0.607. The van der Waals surface area contributed by atoms with Crippen LogP contribution in [-0.2, 0) is 0 Å². The van der Waals surface area contributed by atoms with Gasteiger partial charge in [-0.3, -0.25) is 9.59 Å². The highest BCUT2D eigenvalue weighted by molar-refractivity contribution is 6.03. The third-order valence-corrected chi connectivity index (χ3v) is 2.97. The first-order chi connectivity index (χ1) is 10.6. The molecule has 0 unspecified atom stereocenters. The van der Waals surface area contributed by atoms with E-state index in [1.165, 1.54) is 12.3 Å². The zero-order valence-corrected chi connectivity index (χ0v) is 12.2. The lowest BCUT2D eigenvalue weighted by Crippen LogP contribution is -2.36. The van der Waals surface area contributed by atoms with E-state index in [1.807, 2.05) is 6.92 Å². The Hall–Kier alpha value is -2.89. The van der Waals surface area contributed by atoms with Crippen molar-refractivity contribution in [3.8, 4) is 0 Å². The number of anilines is 1. The van der Waals surface area contributed by atoms with Gasteiger partial charge in [-0.2, -0.15) is 4.73 Å². The summed E-state index contributed by atoms with van der Waals surface area (Å²) in [6.07, 6.45) is 2.10. The van der Waals surface area contributed by atoms with Crippen LogP contribution in [0.4, 0.5) is 5.69 Å². The predicted octanol–water partition coefficient (Wildman–Crippen LogP) is 1.71. The summed E-state index contributed by atoms with van der Waals surface area (Å²) >= 11 is 0. The number of rotatable bonds is 5. The molecule has 6 nitrogen and oxygen atoms in total. The van der Waals surface area contributed by atoms with Gasteiger partial charge in [-0.05, 0) is 30.7 Å². The second-order valence-corrected chi connectivity index (χ2v) is 4.70. The number of amides is 2. The normalized spacial score (nSPS) is 10.0. The van der Waals surface area contributed by atoms with E-state index in [0.717, 1.165) is 6.42 Å². The number of hydrogen-bond donors (Lipinski definition) is 2. The van der Waals surface area contributed by atoms with Gasteiger partial charge in [-0.25, -0.2) is 0 Å². The number of pyridine rings is 1. The van der Waals surface area contributed by atoms with Crippen LogP contribution in [0.2, 0.25) is 0 Å². The number of nitrogens with zero attached hydrogens (tertiary/aromatic N) is 1. The van der Waals surface area contributed by atoms with E-state index in [2.05, 4.69) is 10.6 Å². The maximum atomic E-state index is 12.1. The monoisotopic (exact) mass is 299 g/mol. The molecular formula is C16H17N3O3. The zero-order chi connectivity index (χ0) is 15.9. The van der Waals surface area contributed by atoms with Crippen LogP contribution < -0.4 is 15.4 Å². The highest BCUT2D eigenvalue weighted by atomic mass is 16.5. The second-order valence-electron chi connectivity index (χ2n) is 4.70. The largest absolute Gasteiger partial charge is 0.618 e. The quantitative estimate of drug-likeness (QED) is 0.651. The van der Waals surface area contributed by atoms with E-state index >= 15 is 0 Å². The van der Waals surface area contributed by atoms with Crippen molar-refractivity contribution in [1.82, 2.24) is 5.32 Å². The second kappa shape index (κ2) is 7.21. The summed E-state index contributed by atoms with van der Waals surface area (Å²) < 4.78 is 0.493. The molecule has 0 saturated heterocycles. The molecule has 0 saturated carbocycles. The van der Waals surface area contributed by atoms with E-state index in [4.69, 9.17) is 0 Å². The molecular weight excluding hydrogens is 282 g/mol. The highest BCUT2D eigenvalue weighted by Gasteiger charge is 2.15. The molecule has 6 heteroatoms. The molecule has 22 heavy (non-hydrogen) atoms. The third kappa shape index (κ3) is 3.82. The Labute approximate surface area is 128 Å². The summed E-state index contributed by atoms with van der Waals surface area (Å²) in [6.45, 7) is 2.56. The standard InChI is InChI=1S/C16H17N3O3/c1-2-9-17-15(20)12-6-5-7-13(11-12)18-16(21)14-8-3-4-10-19(14)22/h3-8,10-11H,2,9H2,1H3,(H,17,20)(H,18,21). The van der Waals surface area contributed by atoms with Crippen LogP contribution in [0.25, 0.3) is 0 Å². The van der Waals surface area contributed by atoms with Gasteiger partial charge in [0.2, 0.25) is 0 Å². The van der Waals surface area contributed by atoms with Crippen molar-refractivity contribution in [2.75, 3.05) is 11.9 Å². The Balaban J connectivity index is 2.12. The molecule has 0 radical (unpaired) electrons. The fourth-order valence-electron chi connectivity index (χ4n) is 1.88. The van der Waals surface area contributed by atoms with E-state index < -0.39 is 5.91 Å². The number of carbonyl (C=O) groups excluding carboxylic acids is 2. The topological polar surface area (TPSA) is 85.1 Å². The van der Waals surface area contributed by atoms with Crippen molar-refractivity contribution in [2.45, 2.75) is 13.3 Å². The zero-order valence-electron chi connectivity index (χ0n) is 12.2. The number of hydrogen-bond acceptors (Lipinski definition) is 3. The molecule has 114 valence electrons. The lowest BCUT2D eigenvalue weighted by atomic mass is 10.2. The van der Waals surface area contributed by atoms with Gasteiger partial charge in [-0.15, -0.1) is 0 Å². The molecule has 2 aromatic rings. The number of nitrogens with one attached hydrogen (secondary N) is 2. The molecule has 2 amide bonds. The van der Waals surface area contributed by atoms with E-state index in [1.54, 1.807) is 36.4 Å². The van der Waals surface area contributed by atoms with Crippen molar-refractivity contribution in [3.63, 3.8) is 0 Å². The molecule has 1 heterocycles. The van der Waals surface area contributed by atoms with Crippen LogP contribution >= 0.6 is 0 Å². The average Bonchev–Trinajstić information content (AvgIpc) is 2.53. The Morgan fingerprint density at radius 2 is 1.95 bits per heavy atom. The van der Waals surface area contributed by atoms with Crippen LogP contribution in [0, 0.1) is 5.21 Å². The maximum Gasteiger partial charge on any atom is 0.321 e. The molecule has 0 aliphatic rings. The fraction of sp³-hybridized carbons (Fsp3) is 0.188. The van der Waals surface area contributed by atoms with Gasteiger partial charge in [-0.1, -0.05) is 13.0 Å². The third-order valence-electron chi connectivity index (χ3n) is 2.97. The van der Waals surface area contributed by atoms with Crippen molar-refractivity contribution in [2.24, 2.45) is 0 Å². The highest BCUT2D eigenvalue weighted by Crippen LogP contribution is 2.11. The summed E-state index contributed by atoms with van der Waals surface area (Å²) in [6, 6.07) is 11.2. The number of carbonyl (C=O) groups is 2. The van der Waals surface area contributed by atoms with E-state index in [-0.39, 0.29) is 11.6 Å². The lowest BCUT2D eigenvalue weighted by Gasteiger charge is -2.08. The summed E-state index contributed by atoms with van der Waals surface area (Å²) in [5.74, 6) is -0.724. The van der Waals surface area contributed by atoms with Gasteiger partial charge < -0.3 is 15.8 Å². The summed E-state index contributed by atoms with van der Waals surface area (Å²) in [5, 5.41) is 16.9. The molecule has 2 N–H and O–H groups in total. The van der Waals surface area contributed by atoms with Gasteiger partial charge in [0.05, 0.1) is 0 Å². The molecule has 1 aromatic heterocycles. The SMILES string of the molecule is CCCNC(=O)c1cccc(NC(=O)c2cccc[n+]2[O-])c1. The number of benzene rings is 1. The average molecular weight is 299 g/mol. The molecule has 2 rings (SSSR count). The molecule has 1 aromatic carbocycles. The van der Waals surface area contributed by atoms with E-state index in [0.29, 0.717) is 22.5 Å². The minimum Gasteiger partial charge on any atom is -0.618 e. The van der Waals surface area contributed by atoms with Crippen LogP contribution in [-0.4, -0.2) is 18.4 Å². The first kappa shape index (κ1) is 15.5. The Morgan fingerprint density at radius 3 is 2.68 bits per heavy atom. The molecule has 0 bridgehead atoms. The fourth-order valence-corrected chi connectivity index (χ4v) is 1.88. The first-order valence-electron chi connectivity index (χ1n) is 6.99. The van der Waals surface area contributed by atoms with Gasteiger partial charge in [0.1, 0.15) is 0 Å². The first-order valence-corrected chi connectivity index (χ1v) is 6.99. The summed E-state index contributed by atoms with van der Waals surface area (Å²) in [5.41, 5.74) is 0.899. The van der Waals surface area contributed by atoms with E-state index in [9.17, 15) is 14.8 Å². The predicted molar refractivity (Wildman–Crippen MR) is 82.4 cm³/mol. The Morgan fingerprint density at radius 1 is 1.14 bits per heavy atom. The molecule has 0 spiro atoms. The maximum absolute atomic E-state index is 12.1. The summed E-state index contributed by atoms with van der Waals surface area (Å²) in [4.78, 5) is 23.9. The molecule has 0 atom stereocenters. The number of aromatic nitrogens is 1. The summed E-state index contributed by atoms with van der Waals surface area (Å²) in [7, 11) is 0. The molecule has 0 fully saturated rings. The smallest absolute Gasteiger partial charge is 0.321 e. The van der Waals surface area contributed by atoms with Crippen LogP contribution in [0.3, 0.4) is 0 Å². The van der Waals surface area contributed by atoms with Crippen LogP contribution in [0.15, 0.2) is 48.7 Å². The van der Waals surface area contributed by atoms with Gasteiger partial charge in [0.15, 0.2) is 6.20 Å². The van der Waals surface area contributed by atoms with Crippen LogP contribution in [0.5, 0.6) is 0 Å². The van der Waals surface area contributed by atoms with Crippen molar-refractivity contribution >= 4 is 17.5 Å².